The van der Waals surface area contributed by atoms with Crippen molar-refractivity contribution in [2.75, 3.05) is 13.1 Å². The Morgan fingerprint density at radius 3 is 2.88 bits per heavy atom. The highest BCUT2D eigenvalue weighted by Crippen LogP contribution is 2.20. The summed E-state index contributed by atoms with van der Waals surface area (Å²) in [6, 6.07) is 2.04. The van der Waals surface area contributed by atoms with Gasteiger partial charge in [-0.05, 0) is 35.7 Å². The molecule has 94 valence electrons. The topological polar surface area (TPSA) is 59.0 Å². The second-order valence-electron chi connectivity index (χ2n) is 3.89. The SMILES string of the molecule is CC1OC(N(CCc2ccsc2)CC(=O)O)O1. The van der Waals surface area contributed by atoms with Crippen LogP contribution in [-0.2, 0) is 20.7 Å². The third kappa shape index (κ3) is 3.50. The minimum absolute atomic E-state index is 0.0679. The maximum Gasteiger partial charge on any atom is 0.317 e. The van der Waals surface area contributed by atoms with Gasteiger partial charge in [0.25, 0.3) is 0 Å². The lowest BCUT2D eigenvalue weighted by Gasteiger charge is -2.40. The molecule has 0 radical (unpaired) electrons. The van der Waals surface area contributed by atoms with Crippen LogP contribution in [0.15, 0.2) is 16.8 Å². The first-order chi connectivity index (χ1) is 8.15. The average molecular weight is 257 g/mol. The van der Waals surface area contributed by atoms with Crippen LogP contribution < -0.4 is 0 Å². The summed E-state index contributed by atoms with van der Waals surface area (Å²) < 4.78 is 10.6. The fourth-order valence-electron chi connectivity index (χ4n) is 1.65. The Labute approximate surface area is 104 Å². The quantitative estimate of drug-likeness (QED) is 0.833. The van der Waals surface area contributed by atoms with Gasteiger partial charge < -0.3 is 14.6 Å². The third-order valence-corrected chi connectivity index (χ3v) is 3.25. The van der Waals surface area contributed by atoms with Crippen molar-refractivity contribution >= 4 is 17.3 Å². The molecular weight excluding hydrogens is 242 g/mol. The van der Waals surface area contributed by atoms with Crippen molar-refractivity contribution in [3.8, 4) is 0 Å². The molecule has 5 nitrogen and oxygen atoms in total. The Balaban J connectivity index is 1.84. The molecule has 0 saturated carbocycles. The van der Waals surface area contributed by atoms with Gasteiger partial charge in [-0.3, -0.25) is 4.79 Å². The minimum atomic E-state index is -0.873. The lowest BCUT2D eigenvalue weighted by molar-refractivity contribution is -0.421. The summed E-state index contributed by atoms with van der Waals surface area (Å²) in [7, 11) is 0. The van der Waals surface area contributed by atoms with E-state index >= 15 is 0 Å². The molecule has 1 N–H and O–H groups in total. The summed E-state index contributed by atoms with van der Waals surface area (Å²) in [5.41, 5.74) is 1.21. The van der Waals surface area contributed by atoms with Crippen LogP contribution in [0.1, 0.15) is 12.5 Å². The number of carboxylic acid groups (broad SMARTS) is 1. The summed E-state index contributed by atoms with van der Waals surface area (Å²) >= 11 is 1.64. The largest absolute Gasteiger partial charge is 0.480 e. The number of hydrogen-bond acceptors (Lipinski definition) is 5. The van der Waals surface area contributed by atoms with E-state index in [2.05, 4.69) is 5.38 Å². The van der Waals surface area contributed by atoms with Crippen molar-refractivity contribution in [1.82, 2.24) is 4.90 Å². The second-order valence-corrected chi connectivity index (χ2v) is 4.67. The van der Waals surface area contributed by atoms with E-state index < -0.39 is 12.4 Å². The Morgan fingerprint density at radius 1 is 1.59 bits per heavy atom. The molecule has 2 rings (SSSR count). The van der Waals surface area contributed by atoms with Gasteiger partial charge in [0.1, 0.15) is 6.54 Å². The van der Waals surface area contributed by atoms with E-state index in [4.69, 9.17) is 14.6 Å². The van der Waals surface area contributed by atoms with Gasteiger partial charge in [0.2, 0.25) is 6.41 Å². The zero-order valence-corrected chi connectivity index (χ0v) is 10.4. The van der Waals surface area contributed by atoms with Crippen molar-refractivity contribution in [3.63, 3.8) is 0 Å². The number of carboxylic acids is 1. The molecule has 0 atom stereocenters. The van der Waals surface area contributed by atoms with Gasteiger partial charge in [-0.1, -0.05) is 0 Å². The van der Waals surface area contributed by atoms with Crippen molar-refractivity contribution in [2.45, 2.75) is 26.0 Å². The highest BCUT2D eigenvalue weighted by molar-refractivity contribution is 7.07. The molecule has 0 spiro atoms. The molecule has 1 aliphatic heterocycles. The highest BCUT2D eigenvalue weighted by Gasteiger charge is 2.33. The number of aliphatic carboxylic acids is 1. The van der Waals surface area contributed by atoms with E-state index in [1.807, 2.05) is 11.4 Å². The molecular formula is C11H15NO4S. The number of ether oxygens (including phenoxy) is 2. The number of rotatable bonds is 6. The van der Waals surface area contributed by atoms with Crippen LogP contribution in [0.25, 0.3) is 0 Å². The molecule has 1 saturated heterocycles. The Bertz CT molecular complexity index is 362. The fraction of sp³-hybridized carbons (Fsp3) is 0.545. The van der Waals surface area contributed by atoms with Gasteiger partial charge in [-0.25, -0.2) is 4.90 Å². The Kier molecular flexibility index (Phi) is 4.11. The first-order valence-electron chi connectivity index (χ1n) is 5.43. The molecule has 2 heterocycles. The van der Waals surface area contributed by atoms with Crippen LogP contribution in [0.4, 0.5) is 0 Å². The van der Waals surface area contributed by atoms with Gasteiger partial charge in [0.15, 0.2) is 6.29 Å². The number of carbonyl (C=O) groups is 1. The lowest BCUT2D eigenvalue weighted by atomic mass is 10.2. The summed E-state index contributed by atoms with van der Waals surface area (Å²) in [5.74, 6) is -0.873. The maximum atomic E-state index is 10.7. The first-order valence-corrected chi connectivity index (χ1v) is 6.37. The smallest absolute Gasteiger partial charge is 0.317 e. The summed E-state index contributed by atoms with van der Waals surface area (Å²) in [5, 5.41) is 12.9. The average Bonchev–Trinajstić information content (AvgIpc) is 2.72. The molecule has 1 aromatic heterocycles. The van der Waals surface area contributed by atoms with Gasteiger partial charge in [0.05, 0.1) is 0 Å². The summed E-state index contributed by atoms with van der Waals surface area (Å²) in [4.78, 5) is 12.4. The van der Waals surface area contributed by atoms with Crippen LogP contribution in [-0.4, -0.2) is 41.8 Å². The van der Waals surface area contributed by atoms with Gasteiger partial charge in [0, 0.05) is 6.54 Å². The minimum Gasteiger partial charge on any atom is -0.480 e. The summed E-state index contributed by atoms with van der Waals surface area (Å²) in [6.07, 6.45) is 0.0474. The normalized spacial score (nSPS) is 23.6. The van der Waals surface area contributed by atoms with Crippen LogP contribution in [0.2, 0.25) is 0 Å². The molecule has 0 aliphatic carbocycles. The van der Waals surface area contributed by atoms with Crippen molar-refractivity contribution in [2.24, 2.45) is 0 Å². The van der Waals surface area contributed by atoms with E-state index in [0.29, 0.717) is 6.54 Å². The standard InChI is InChI=1S/C11H15NO4S/c1-8-15-11(16-8)12(6-10(13)14)4-2-9-3-5-17-7-9/h3,5,7-8,11H,2,4,6H2,1H3,(H,13,14). The predicted octanol–water partition coefficient (Wildman–Crippen LogP) is 1.35. The molecule has 1 aromatic rings. The lowest BCUT2D eigenvalue weighted by Crippen LogP contribution is -2.53. The third-order valence-electron chi connectivity index (χ3n) is 2.52. The van der Waals surface area contributed by atoms with Crippen LogP contribution >= 0.6 is 11.3 Å². The molecule has 1 fully saturated rings. The van der Waals surface area contributed by atoms with E-state index in [1.54, 1.807) is 23.2 Å². The molecule has 0 aromatic carbocycles. The van der Waals surface area contributed by atoms with E-state index in [-0.39, 0.29) is 12.8 Å². The van der Waals surface area contributed by atoms with Crippen molar-refractivity contribution < 1.29 is 19.4 Å². The monoisotopic (exact) mass is 257 g/mol. The van der Waals surface area contributed by atoms with Crippen molar-refractivity contribution in [1.29, 1.82) is 0 Å². The maximum absolute atomic E-state index is 10.7. The van der Waals surface area contributed by atoms with E-state index in [1.165, 1.54) is 5.56 Å². The Morgan fingerprint density at radius 2 is 2.35 bits per heavy atom. The molecule has 0 amide bonds. The second kappa shape index (κ2) is 5.59. The summed E-state index contributed by atoms with van der Waals surface area (Å²) in [6.45, 7) is 2.33. The highest BCUT2D eigenvalue weighted by atomic mass is 32.1. The van der Waals surface area contributed by atoms with Gasteiger partial charge in [-0.2, -0.15) is 11.3 Å². The molecule has 0 bridgehead atoms. The Hall–Kier alpha value is -0.950. The predicted molar refractivity (Wildman–Crippen MR) is 62.7 cm³/mol. The molecule has 6 heteroatoms. The molecule has 1 aliphatic rings. The fourth-order valence-corrected chi connectivity index (χ4v) is 2.35. The van der Waals surface area contributed by atoms with E-state index in [0.717, 1.165) is 6.42 Å². The number of thiophene rings is 1. The van der Waals surface area contributed by atoms with Gasteiger partial charge >= 0.3 is 5.97 Å². The zero-order valence-electron chi connectivity index (χ0n) is 9.54. The van der Waals surface area contributed by atoms with Crippen LogP contribution in [0, 0.1) is 0 Å². The number of hydrogen-bond donors (Lipinski definition) is 1. The zero-order chi connectivity index (χ0) is 12.3. The first kappa shape index (κ1) is 12.5. The van der Waals surface area contributed by atoms with Gasteiger partial charge in [-0.15, -0.1) is 0 Å². The van der Waals surface area contributed by atoms with Crippen molar-refractivity contribution in [3.05, 3.63) is 22.4 Å². The van der Waals surface area contributed by atoms with Crippen LogP contribution in [0.5, 0.6) is 0 Å². The molecule has 17 heavy (non-hydrogen) atoms. The van der Waals surface area contributed by atoms with Crippen LogP contribution in [0.3, 0.4) is 0 Å². The van der Waals surface area contributed by atoms with E-state index in [9.17, 15) is 4.79 Å². The number of nitrogens with zero attached hydrogens (tertiary/aromatic N) is 1. The molecule has 0 unspecified atom stereocenters.